The van der Waals surface area contributed by atoms with Crippen LogP contribution in [0.15, 0.2) is 24.3 Å². The number of rotatable bonds is 6. The highest BCUT2D eigenvalue weighted by Crippen LogP contribution is 2.42. The van der Waals surface area contributed by atoms with E-state index in [0.29, 0.717) is 12.1 Å². The standard InChI is InChI=1S/C14H18F3NOS/c1-20-13(7-4-8-13)10-18-9-11-5-2-3-6-12(11)19-14(15,16)17/h2-3,5-6,18H,4,7-10H2,1H3. The number of benzene rings is 1. The number of hydrogen-bond donors (Lipinski definition) is 1. The summed E-state index contributed by atoms with van der Waals surface area (Å²) in [5, 5.41) is 3.25. The number of nitrogens with one attached hydrogen (secondary N) is 1. The lowest BCUT2D eigenvalue weighted by Gasteiger charge is -2.40. The largest absolute Gasteiger partial charge is 0.573 e. The van der Waals surface area contributed by atoms with Crippen molar-refractivity contribution in [3.8, 4) is 5.75 Å². The molecule has 0 amide bonds. The zero-order chi connectivity index (χ0) is 14.6. The Morgan fingerprint density at radius 1 is 1.30 bits per heavy atom. The van der Waals surface area contributed by atoms with Gasteiger partial charge in [-0.25, -0.2) is 0 Å². The topological polar surface area (TPSA) is 21.3 Å². The van der Waals surface area contributed by atoms with Crippen LogP contribution in [0, 0.1) is 0 Å². The van der Waals surface area contributed by atoms with Crippen LogP contribution in [0.2, 0.25) is 0 Å². The van der Waals surface area contributed by atoms with Crippen molar-refractivity contribution in [1.82, 2.24) is 5.32 Å². The SMILES string of the molecule is CSC1(CNCc2ccccc2OC(F)(F)F)CCC1. The van der Waals surface area contributed by atoms with Gasteiger partial charge < -0.3 is 10.1 Å². The fourth-order valence-corrected chi connectivity index (χ4v) is 3.27. The molecule has 6 heteroatoms. The van der Waals surface area contributed by atoms with E-state index in [4.69, 9.17) is 0 Å². The average molecular weight is 305 g/mol. The number of ether oxygens (including phenoxy) is 1. The number of alkyl halides is 3. The Kier molecular flexibility index (Phi) is 4.86. The van der Waals surface area contributed by atoms with Crippen molar-refractivity contribution in [3.05, 3.63) is 29.8 Å². The van der Waals surface area contributed by atoms with Crippen LogP contribution in [0.5, 0.6) is 5.75 Å². The first-order valence-corrected chi connectivity index (χ1v) is 7.76. The summed E-state index contributed by atoms with van der Waals surface area (Å²) in [4.78, 5) is 0. The first-order valence-electron chi connectivity index (χ1n) is 6.54. The second-order valence-corrected chi connectivity index (χ2v) is 6.27. The van der Waals surface area contributed by atoms with Crippen LogP contribution in [0.3, 0.4) is 0 Å². The van der Waals surface area contributed by atoms with E-state index in [-0.39, 0.29) is 10.5 Å². The zero-order valence-electron chi connectivity index (χ0n) is 11.3. The van der Waals surface area contributed by atoms with Gasteiger partial charge in [-0.05, 0) is 25.2 Å². The van der Waals surface area contributed by atoms with Crippen molar-refractivity contribution in [2.45, 2.75) is 36.9 Å². The smallest absolute Gasteiger partial charge is 0.405 e. The van der Waals surface area contributed by atoms with Crippen molar-refractivity contribution in [2.75, 3.05) is 12.8 Å². The Bertz CT molecular complexity index is 441. The zero-order valence-corrected chi connectivity index (χ0v) is 12.1. The molecule has 0 aromatic heterocycles. The molecule has 0 bridgehead atoms. The second kappa shape index (κ2) is 6.26. The lowest BCUT2D eigenvalue weighted by atomic mass is 9.84. The molecule has 1 saturated carbocycles. The van der Waals surface area contributed by atoms with Gasteiger partial charge in [0.15, 0.2) is 0 Å². The molecule has 1 aliphatic carbocycles. The normalized spacial score (nSPS) is 17.6. The van der Waals surface area contributed by atoms with E-state index in [2.05, 4.69) is 16.3 Å². The molecule has 112 valence electrons. The van der Waals surface area contributed by atoms with Crippen molar-refractivity contribution in [2.24, 2.45) is 0 Å². The highest BCUT2D eigenvalue weighted by atomic mass is 32.2. The molecule has 1 N–H and O–H groups in total. The number of hydrogen-bond acceptors (Lipinski definition) is 3. The van der Waals surface area contributed by atoms with E-state index in [1.54, 1.807) is 18.2 Å². The summed E-state index contributed by atoms with van der Waals surface area (Å²) in [5.74, 6) is -0.126. The van der Waals surface area contributed by atoms with Crippen molar-refractivity contribution < 1.29 is 17.9 Å². The summed E-state index contributed by atoms with van der Waals surface area (Å²) in [5.41, 5.74) is 0.528. The summed E-state index contributed by atoms with van der Waals surface area (Å²) >= 11 is 1.83. The van der Waals surface area contributed by atoms with Gasteiger partial charge in [-0.15, -0.1) is 13.2 Å². The Morgan fingerprint density at radius 2 is 2.00 bits per heavy atom. The maximum atomic E-state index is 12.3. The molecule has 0 spiro atoms. The number of para-hydroxylation sites is 1. The fourth-order valence-electron chi connectivity index (χ4n) is 2.32. The third kappa shape index (κ3) is 4.06. The van der Waals surface area contributed by atoms with Crippen LogP contribution in [0.25, 0.3) is 0 Å². The number of halogens is 3. The quantitative estimate of drug-likeness (QED) is 0.859. The molecule has 0 heterocycles. The molecule has 1 aromatic rings. The number of thioether (sulfide) groups is 1. The fraction of sp³-hybridized carbons (Fsp3) is 0.571. The predicted octanol–water partition coefficient (Wildman–Crippen LogP) is 3.96. The highest BCUT2D eigenvalue weighted by molar-refractivity contribution is 8.00. The first kappa shape index (κ1) is 15.5. The lowest BCUT2D eigenvalue weighted by molar-refractivity contribution is -0.274. The van der Waals surface area contributed by atoms with E-state index >= 15 is 0 Å². The van der Waals surface area contributed by atoms with Crippen LogP contribution in [-0.4, -0.2) is 23.9 Å². The van der Waals surface area contributed by atoms with Crippen molar-refractivity contribution >= 4 is 11.8 Å². The second-order valence-electron chi connectivity index (χ2n) is 5.00. The van der Waals surface area contributed by atoms with E-state index in [9.17, 15) is 13.2 Å². The van der Waals surface area contributed by atoms with Crippen LogP contribution in [-0.2, 0) is 6.54 Å². The molecule has 0 aliphatic heterocycles. The monoisotopic (exact) mass is 305 g/mol. The van der Waals surface area contributed by atoms with Gasteiger partial charge in [0.25, 0.3) is 0 Å². The molecular weight excluding hydrogens is 287 g/mol. The summed E-state index contributed by atoms with van der Waals surface area (Å²) in [6.07, 6.45) is 1.01. The van der Waals surface area contributed by atoms with Gasteiger partial charge in [0, 0.05) is 23.4 Å². The van der Waals surface area contributed by atoms with Gasteiger partial charge in [-0.1, -0.05) is 24.6 Å². The molecule has 0 atom stereocenters. The Labute approximate surface area is 121 Å². The molecule has 0 radical (unpaired) electrons. The van der Waals surface area contributed by atoms with Gasteiger partial charge in [0.2, 0.25) is 0 Å². The van der Waals surface area contributed by atoms with Gasteiger partial charge in [-0.3, -0.25) is 0 Å². The van der Waals surface area contributed by atoms with E-state index in [1.807, 2.05) is 11.8 Å². The van der Waals surface area contributed by atoms with Crippen molar-refractivity contribution in [1.29, 1.82) is 0 Å². The lowest BCUT2D eigenvalue weighted by Crippen LogP contribution is -2.43. The van der Waals surface area contributed by atoms with Crippen LogP contribution in [0.1, 0.15) is 24.8 Å². The third-order valence-electron chi connectivity index (χ3n) is 3.66. The van der Waals surface area contributed by atoms with E-state index < -0.39 is 6.36 Å². The molecule has 0 saturated heterocycles. The van der Waals surface area contributed by atoms with E-state index in [1.165, 1.54) is 25.3 Å². The first-order chi connectivity index (χ1) is 9.44. The minimum absolute atomic E-state index is 0.126. The highest BCUT2D eigenvalue weighted by Gasteiger charge is 2.35. The Morgan fingerprint density at radius 3 is 2.55 bits per heavy atom. The third-order valence-corrected chi connectivity index (χ3v) is 5.08. The summed E-state index contributed by atoms with van der Waals surface area (Å²) < 4.78 is 41.2. The maximum Gasteiger partial charge on any atom is 0.573 e. The van der Waals surface area contributed by atoms with Crippen LogP contribution in [0.4, 0.5) is 13.2 Å². The van der Waals surface area contributed by atoms with Gasteiger partial charge in [-0.2, -0.15) is 11.8 Å². The summed E-state index contributed by atoms with van der Waals surface area (Å²) in [7, 11) is 0. The molecule has 0 unspecified atom stereocenters. The molecule has 1 aliphatic rings. The van der Waals surface area contributed by atoms with Gasteiger partial charge >= 0.3 is 6.36 Å². The average Bonchev–Trinajstić information content (AvgIpc) is 2.33. The molecule has 2 rings (SSSR count). The summed E-state index contributed by atoms with van der Waals surface area (Å²) in [6.45, 7) is 1.20. The Hall–Kier alpha value is -0.880. The molecular formula is C14H18F3NOS. The predicted molar refractivity (Wildman–Crippen MR) is 74.9 cm³/mol. The van der Waals surface area contributed by atoms with Crippen molar-refractivity contribution in [3.63, 3.8) is 0 Å². The summed E-state index contributed by atoms with van der Waals surface area (Å²) in [6, 6.07) is 6.26. The van der Waals surface area contributed by atoms with Crippen LogP contribution >= 0.6 is 11.8 Å². The van der Waals surface area contributed by atoms with Gasteiger partial charge in [0.1, 0.15) is 5.75 Å². The van der Waals surface area contributed by atoms with E-state index in [0.717, 1.165) is 6.54 Å². The minimum atomic E-state index is -4.65. The maximum absolute atomic E-state index is 12.3. The molecule has 20 heavy (non-hydrogen) atoms. The minimum Gasteiger partial charge on any atom is -0.405 e. The Balaban J connectivity index is 1.92. The van der Waals surface area contributed by atoms with Crippen LogP contribution < -0.4 is 10.1 Å². The van der Waals surface area contributed by atoms with Gasteiger partial charge in [0.05, 0.1) is 0 Å². The molecule has 1 fully saturated rings. The molecule has 2 nitrogen and oxygen atoms in total. The molecule has 1 aromatic carbocycles.